The Morgan fingerprint density at radius 2 is 2.08 bits per heavy atom. The van der Waals surface area contributed by atoms with Crippen molar-refractivity contribution in [2.75, 3.05) is 7.11 Å². The zero-order chi connectivity index (χ0) is 9.84. The van der Waals surface area contributed by atoms with Gasteiger partial charge >= 0.3 is 0 Å². The van der Waals surface area contributed by atoms with Crippen LogP contribution in [0.4, 0.5) is 4.39 Å². The fourth-order valence-electron chi connectivity index (χ4n) is 1.12. The second-order valence-electron chi connectivity index (χ2n) is 2.68. The number of halogens is 2. The molecule has 0 aliphatic carbocycles. The van der Waals surface area contributed by atoms with E-state index in [0.29, 0.717) is 16.1 Å². The molecule has 0 amide bonds. The third kappa shape index (κ3) is 2.40. The van der Waals surface area contributed by atoms with Gasteiger partial charge in [0.15, 0.2) is 0 Å². The van der Waals surface area contributed by atoms with Gasteiger partial charge < -0.3 is 10.5 Å². The third-order valence-electron chi connectivity index (χ3n) is 1.71. The van der Waals surface area contributed by atoms with Gasteiger partial charge in [0.2, 0.25) is 0 Å². The molecule has 0 saturated heterocycles. The molecule has 1 rings (SSSR count). The van der Waals surface area contributed by atoms with E-state index in [0.717, 1.165) is 0 Å². The normalized spacial score (nSPS) is 10.5. The van der Waals surface area contributed by atoms with Crippen molar-refractivity contribution >= 4 is 11.6 Å². The molecule has 0 bridgehead atoms. The summed E-state index contributed by atoms with van der Waals surface area (Å²) in [4.78, 5) is 0. The van der Waals surface area contributed by atoms with Gasteiger partial charge in [0.05, 0.1) is 6.61 Å². The summed E-state index contributed by atoms with van der Waals surface area (Å²) in [5.74, 6) is -0.325. The standard InChI is InChI=1S/C9H11ClFNO/c1-13-5-7-3-8(10)2-6(4-12)9(7)11/h2-3H,4-5,12H2,1H3. The van der Waals surface area contributed by atoms with Crippen molar-refractivity contribution < 1.29 is 9.13 Å². The minimum atomic E-state index is -0.325. The zero-order valence-corrected chi connectivity index (χ0v) is 8.07. The summed E-state index contributed by atoms with van der Waals surface area (Å²) in [6.07, 6.45) is 0. The Morgan fingerprint density at radius 3 is 2.62 bits per heavy atom. The van der Waals surface area contributed by atoms with Crippen LogP contribution in [0.15, 0.2) is 12.1 Å². The minimum absolute atomic E-state index is 0.142. The summed E-state index contributed by atoms with van der Waals surface area (Å²) in [7, 11) is 1.50. The molecule has 0 aliphatic rings. The smallest absolute Gasteiger partial charge is 0.133 e. The molecular weight excluding hydrogens is 193 g/mol. The molecule has 0 unspecified atom stereocenters. The van der Waals surface area contributed by atoms with Gasteiger partial charge in [0.1, 0.15) is 5.82 Å². The van der Waals surface area contributed by atoms with Gasteiger partial charge in [-0.15, -0.1) is 0 Å². The first-order valence-electron chi connectivity index (χ1n) is 3.84. The van der Waals surface area contributed by atoms with Gasteiger partial charge in [-0.1, -0.05) is 11.6 Å². The molecule has 2 N–H and O–H groups in total. The van der Waals surface area contributed by atoms with E-state index in [1.165, 1.54) is 13.2 Å². The Morgan fingerprint density at radius 1 is 1.46 bits per heavy atom. The fraction of sp³-hybridized carbons (Fsp3) is 0.333. The molecule has 1 aromatic rings. The molecule has 1 aromatic carbocycles. The molecule has 13 heavy (non-hydrogen) atoms. The summed E-state index contributed by atoms with van der Waals surface area (Å²) in [6.45, 7) is 0.350. The van der Waals surface area contributed by atoms with Crippen LogP contribution in [0.2, 0.25) is 5.02 Å². The summed E-state index contributed by atoms with van der Waals surface area (Å²) >= 11 is 5.76. The zero-order valence-electron chi connectivity index (χ0n) is 7.31. The van der Waals surface area contributed by atoms with Gasteiger partial charge in [0.25, 0.3) is 0 Å². The van der Waals surface area contributed by atoms with Crippen molar-refractivity contribution in [1.82, 2.24) is 0 Å². The van der Waals surface area contributed by atoms with E-state index in [2.05, 4.69) is 0 Å². The van der Waals surface area contributed by atoms with Crippen LogP contribution in [0.25, 0.3) is 0 Å². The van der Waals surface area contributed by atoms with Crippen LogP contribution in [0.5, 0.6) is 0 Å². The molecule has 4 heteroatoms. The number of hydrogen-bond acceptors (Lipinski definition) is 2. The average Bonchev–Trinajstić information content (AvgIpc) is 2.11. The molecule has 0 spiro atoms. The quantitative estimate of drug-likeness (QED) is 0.817. The minimum Gasteiger partial charge on any atom is -0.380 e. The Balaban J connectivity index is 3.11. The van der Waals surface area contributed by atoms with Gasteiger partial charge in [-0.3, -0.25) is 0 Å². The lowest BCUT2D eigenvalue weighted by molar-refractivity contribution is 0.181. The fourth-order valence-corrected chi connectivity index (χ4v) is 1.38. The molecule has 0 heterocycles. The predicted octanol–water partition coefficient (Wildman–Crippen LogP) is 2.08. The van der Waals surface area contributed by atoms with Crippen LogP contribution < -0.4 is 5.73 Å². The summed E-state index contributed by atoms with van der Waals surface area (Å²) in [5.41, 5.74) is 6.20. The maximum absolute atomic E-state index is 13.4. The largest absolute Gasteiger partial charge is 0.380 e. The van der Waals surface area contributed by atoms with E-state index < -0.39 is 0 Å². The van der Waals surface area contributed by atoms with Crippen LogP contribution in [0, 0.1) is 5.82 Å². The molecule has 0 atom stereocenters. The first-order valence-corrected chi connectivity index (χ1v) is 4.22. The molecular formula is C9H11ClFNO. The summed E-state index contributed by atoms with van der Waals surface area (Å²) in [5, 5.41) is 0.480. The van der Waals surface area contributed by atoms with E-state index in [4.69, 9.17) is 22.1 Å². The van der Waals surface area contributed by atoms with Crippen molar-refractivity contribution in [2.45, 2.75) is 13.2 Å². The summed E-state index contributed by atoms with van der Waals surface area (Å²) in [6, 6.07) is 3.07. The van der Waals surface area contributed by atoms with E-state index in [-0.39, 0.29) is 19.0 Å². The van der Waals surface area contributed by atoms with Gasteiger partial charge in [0, 0.05) is 29.8 Å². The highest BCUT2D eigenvalue weighted by molar-refractivity contribution is 6.30. The van der Waals surface area contributed by atoms with Gasteiger partial charge in [-0.2, -0.15) is 0 Å². The van der Waals surface area contributed by atoms with E-state index in [1.807, 2.05) is 0 Å². The molecule has 2 nitrogen and oxygen atoms in total. The van der Waals surface area contributed by atoms with Crippen LogP contribution in [-0.4, -0.2) is 7.11 Å². The van der Waals surface area contributed by atoms with Crippen LogP contribution in [-0.2, 0) is 17.9 Å². The molecule has 0 fully saturated rings. The first-order chi connectivity index (χ1) is 6.19. The molecule has 72 valence electrons. The topological polar surface area (TPSA) is 35.2 Å². The van der Waals surface area contributed by atoms with Crippen molar-refractivity contribution in [3.05, 3.63) is 34.1 Å². The Hall–Kier alpha value is -0.640. The number of benzene rings is 1. The maximum atomic E-state index is 13.4. The van der Waals surface area contributed by atoms with Crippen LogP contribution in [0.3, 0.4) is 0 Å². The number of hydrogen-bond donors (Lipinski definition) is 1. The van der Waals surface area contributed by atoms with E-state index in [1.54, 1.807) is 6.07 Å². The lowest BCUT2D eigenvalue weighted by Gasteiger charge is -2.06. The summed E-state index contributed by atoms with van der Waals surface area (Å²) < 4.78 is 18.2. The molecule has 0 radical (unpaired) electrons. The number of methoxy groups -OCH3 is 1. The number of nitrogens with two attached hydrogens (primary N) is 1. The second-order valence-corrected chi connectivity index (χ2v) is 3.11. The lowest BCUT2D eigenvalue weighted by Crippen LogP contribution is -2.03. The SMILES string of the molecule is COCc1cc(Cl)cc(CN)c1F. The highest BCUT2D eigenvalue weighted by Crippen LogP contribution is 2.20. The number of ether oxygens (including phenoxy) is 1. The van der Waals surface area contributed by atoms with Crippen molar-refractivity contribution in [1.29, 1.82) is 0 Å². The average molecular weight is 204 g/mol. The van der Waals surface area contributed by atoms with Crippen molar-refractivity contribution in [3.8, 4) is 0 Å². The third-order valence-corrected chi connectivity index (χ3v) is 1.93. The van der Waals surface area contributed by atoms with Crippen molar-refractivity contribution in [3.63, 3.8) is 0 Å². The lowest BCUT2D eigenvalue weighted by atomic mass is 10.1. The number of rotatable bonds is 3. The monoisotopic (exact) mass is 203 g/mol. The Bertz CT molecular complexity index is 304. The van der Waals surface area contributed by atoms with E-state index in [9.17, 15) is 4.39 Å². The first kappa shape index (κ1) is 10.4. The van der Waals surface area contributed by atoms with Crippen LogP contribution in [0.1, 0.15) is 11.1 Å². The van der Waals surface area contributed by atoms with Crippen LogP contribution >= 0.6 is 11.6 Å². The van der Waals surface area contributed by atoms with Crippen molar-refractivity contribution in [2.24, 2.45) is 5.73 Å². The van der Waals surface area contributed by atoms with Gasteiger partial charge in [-0.25, -0.2) is 4.39 Å². The second kappa shape index (κ2) is 4.56. The molecule has 0 saturated carbocycles. The molecule has 0 aliphatic heterocycles. The highest BCUT2D eigenvalue weighted by Gasteiger charge is 2.08. The van der Waals surface area contributed by atoms with Gasteiger partial charge in [-0.05, 0) is 12.1 Å². The highest BCUT2D eigenvalue weighted by atomic mass is 35.5. The maximum Gasteiger partial charge on any atom is 0.133 e. The molecule has 0 aromatic heterocycles. The Kier molecular flexibility index (Phi) is 3.66. The predicted molar refractivity (Wildman–Crippen MR) is 50.0 cm³/mol. The van der Waals surface area contributed by atoms with E-state index >= 15 is 0 Å². The Labute approximate surface area is 81.4 Å².